The van der Waals surface area contributed by atoms with Crippen LogP contribution in [0.15, 0.2) is 30.3 Å². The van der Waals surface area contributed by atoms with Gasteiger partial charge in [0.15, 0.2) is 0 Å². The van der Waals surface area contributed by atoms with Gasteiger partial charge in [-0.3, -0.25) is 9.59 Å². The molecule has 1 amide bonds. The van der Waals surface area contributed by atoms with Gasteiger partial charge in [-0.25, -0.2) is 0 Å². The van der Waals surface area contributed by atoms with Gasteiger partial charge in [-0.05, 0) is 19.4 Å². The topological polar surface area (TPSA) is 46.6 Å². The molecule has 1 rings (SSSR count). The van der Waals surface area contributed by atoms with E-state index in [1.807, 2.05) is 37.3 Å². The highest BCUT2D eigenvalue weighted by atomic mass is 79.9. The Labute approximate surface area is 121 Å². The Hall–Kier alpha value is -1.36. The molecule has 0 radical (unpaired) electrons. The molecule has 1 aromatic carbocycles. The summed E-state index contributed by atoms with van der Waals surface area (Å²) in [5, 5.41) is 0.184. The molecule has 0 bridgehead atoms. The number of rotatable bonds is 6. The van der Waals surface area contributed by atoms with Gasteiger partial charge in [0, 0.05) is 0 Å². The van der Waals surface area contributed by atoms with Crippen LogP contribution in [0.3, 0.4) is 0 Å². The van der Waals surface area contributed by atoms with Gasteiger partial charge in [0.2, 0.25) is 5.91 Å². The highest BCUT2D eigenvalue weighted by molar-refractivity contribution is 9.09. The molecular weight excluding hydrogens is 310 g/mol. The smallest absolute Gasteiger partial charge is 0.325 e. The highest BCUT2D eigenvalue weighted by Gasteiger charge is 2.23. The number of hydrogen-bond donors (Lipinski definition) is 0. The van der Waals surface area contributed by atoms with Crippen molar-refractivity contribution in [2.75, 3.05) is 18.5 Å². The van der Waals surface area contributed by atoms with E-state index in [9.17, 15) is 9.59 Å². The van der Waals surface area contributed by atoms with Crippen molar-refractivity contribution in [3.8, 4) is 0 Å². The van der Waals surface area contributed by atoms with Gasteiger partial charge in [-0.2, -0.15) is 0 Å². The van der Waals surface area contributed by atoms with E-state index in [0.717, 1.165) is 5.56 Å². The maximum atomic E-state index is 11.9. The fraction of sp³-hybridized carbons (Fsp3) is 0.429. The zero-order valence-corrected chi connectivity index (χ0v) is 12.7. The van der Waals surface area contributed by atoms with Gasteiger partial charge in [0.25, 0.3) is 0 Å². The molecule has 0 unspecified atom stereocenters. The van der Waals surface area contributed by atoms with Crippen molar-refractivity contribution in [1.29, 1.82) is 0 Å². The van der Waals surface area contributed by atoms with Crippen LogP contribution in [0.4, 0.5) is 0 Å². The molecule has 0 aliphatic carbocycles. The summed E-state index contributed by atoms with van der Waals surface area (Å²) >= 11 is 3.14. The largest absolute Gasteiger partial charge is 0.465 e. The number of carbonyl (C=O) groups is 2. The Balaban J connectivity index is 2.85. The minimum Gasteiger partial charge on any atom is -0.465 e. The lowest BCUT2D eigenvalue weighted by Crippen LogP contribution is -2.39. The molecule has 104 valence electrons. The van der Waals surface area contributed by atoms with Crippen molar-refractivity contribution in [2.45, 2.75) is 19.9 Å². The zero-order chi connectivity index (χ0) is 14.3. The second-order valence-electron chi connectivity index (χ2n) is 4.05. The summed E-state index contributed by atoms with van der Waals surface area (Å²) in [6.07, 6.45) is 0. The normalized spacial score (nSPS) is 11.7. The predicted octanol–water partition coefficient (Wildman–Crippen LogP) is 2.53. The first-order valence-electron chi connectivity index (χ1n) is 6.16. The lowest BCUT2D eigenvalue weighted by Gasteiger charge is -2.28. The van der Waals surface area contributed by atoms with Crippen LogP contribution in [0.5, 0.6) is 0 Å². The number of nitrogens with zero attached hydrogens (tertiary/aromatic N) is 1. The van der Waals surface area contributed by atoms with E-state index in [1.165, 1.54) is 4.90 Å². The van der Waals surface area contributed by atoms with E-state index in [2.05, 4.69) is 15.9 Å². The fourth-order valence-corrected chi connectivity index (χ4v) is 2.10. The van der Waals surface area contributed by atoms with Gasteiger partial charge in [-0.1, -0.05) is 46.3 Å². The van der Waals surface area contributed by atoms with E-state index < -0.39 is 0 Å². The molecule has 4 nitrogen and oxygen atoms in total. The number of alkyl halides is 1. The molecule has 0 N–H and O–H groups in total. The first-order valence-corrected chi connectivity index (χ1v) is 7.28. The SMILES string of the molecule is CCOC(=O)CN(C(=O)CBr)[C@@H](C)c1ccccc1. The van der Waals surface area contributed by atoms with Crippen LogP contribution >= 0.6 is 15.9 Å². The second-order valence-corrected chi connectivity index (χ2v) is 4.61. The van der Waals surface area contributed by atoms with E-state index in [1.54, 1.807) is 6.92 Å². The van der Waals surface area contributed by atoms with Gasteiger partial charge in [-0.15, -0.1) is 0 Å². The van der Waals surface area contributed by atoms with Crippen LogP contribution in [0, 0.1) is 0 Å². The summed E-state index contributed by atoms with van der Waals surface area (Å²) in [4.78, 5) is 25.0. The van der Waals surface area contributed by atoms with Gasteiger partial charge < -0.3 is 9.64 Å². The molecule has 0 saturated heterocycles. The number of halogens is 1. The third-order valence-electron chi connectivity index (χ3n) is 2.79. The third kappa shape index (κ3) is 4.67. The molecule has 0 spiro atoms. The maximum absolute atomic E-state index is 11.9. The standard InChI is InChI=1S/C14H18BrNO3/c1-3-19-14(18)10-16(13(17)9-15)11(2)12-7-5-4-6-8-12/h4-8,11H,3,9-10H2,1-2H3/t11-/m0/s1. The van der Waals surface area contributed by atoms with Crippen LogP contribution < -0.4 is 0 Å². The fourth-order valence-electron chi connectivity index (χ4n) is 1.78. The van der Waals surface area contributed by atoms with Crippen molar-refractivity contribution >= 4 is 27.8 Å². The number of ether oxygens (including phenoxy) is 1. The Bertz CT molecular complexity index is 422. The molecule has 0 saturated carbocycles. The van der Waals surface area contributed by atoms with Crippen LogP contribution in [0.25, 0.3) is 0 Å². The number of esters is 1. The molecule has 19 heavy (non-hydrogen) atoms. The van der Waals surface area contributed by atoms with Crippen LogP contribution in [0.1, 0.15) is 25.5 Å². The number of benzene rings is 1. The first kappa shape index (κ1) is 15.7. The van der Waals surface area contributed by atoms with Crippen molar-refractivity contribution in [3.63, 3.8) is 0 Å². The summed E-state index contributed by atoms with van der Waals surface area (Å²) in [6, 6.07) is 9.43. The second kappa shape index (κ2) is 7.94. The summed E-state index contributed by atoms with van der Waals surface area (Å²) in [7, 11) is 0. The van der Waals surface area contributed by atoms with E-state index in [4.69, 9.17) is 4.74 Å². The lowest BCUT2D eigenvalue weighted by atomic mass is 10.1. The van der Waals surface area contributed by atoms with Crippen molar-refractivity contribution in [3.05, 3.63) is 35.9 Å². The molecule has 5 heteroatoms. The average molecular weight is 328 g/mol. The molecule has 0 fully saturated rings. The van der Waals surface area contributed by atoms with E-state index in [-0.39, 0.29) is 29.8 Å². The zero-order valence-electron chi connectivity index (χ0n) is 11.1. The van der Waals surface area contributed by atoms with Crippen LogP contribution in [-0.2, 0) is 14.3 Å². The summed E-state index contributed by atoms with van der Waals surface area (Å²) in [6.45, 7) is 3.92. The van der Waals surface area contributed by atoms with Crippen molar-refractivity contribution in [1.82, 2.24) is 4.90 Å². The minimum absolute atomic E-state index is 0.0334. The monoisotopic (exact) mass is 327 g/mol. The number of hydrogen-bond acceptors (Lipinski definition) is 3. The Kier molecular flexibility index (Phi) is 6.56. The van der Waals surface area contributed by atoms with Crippen molar-refractivity contribution < 1.29 is 14.3 Å². The molecule has 1 aromatic rings. The first-order chi connectivity index (χ1) is 9.10. The summed E-state index contributed by atoms with van der Waals surface area (Å²) in [5.41, 5.74) is 0.987. The molecular formula is C14H18BrNO3. The summed E-state index contributed by atoms with van der Waals surface area (Å²) < 4.78 is 4.90. The molecule has 0 heterocycles. The summed E-state index contributed by atoms with van der Waals surface area (Å²) in [5.74, 6) is -0.524. The van der Waals surface area contributed by atoms with E-state index in [0.29, 0.717) is 6.61 Å². The number of amides is 1. The third-order valence-corrected chi connectivity index (χ3v) is 3.27. The van der Waals surface area contributed by atoms with Gasteiger partial charge >= 0.3 is 5.97 Å². The number of carbonyl (C=O) groups excluding carboxylic acids is 2. The average Bonchev–Trinajstić information content (AvgIpc) is 2.44. The predicted molar refractivity (Wildman–Crippen MR) is 77.0 cm³/mol. The molecule has 0 aromatic heterocycles. The Morgan fingerprint density at radius 2 is 1.95 bits per heavy atom. The van der Waals surface area contributed by atoms with Crippen LogP contribution in [-0.4, -0.2) is 35.3 Å². The quantitative estimate of drug-likeness (QED) is 0.595. The molecule has 0 aliphatic heterocycles. The van der Waals surface area contributed by atoms with E-state index >= 15 is 0 Å². The minimum atomic E-state index is -0.389. The lowest BCUT2D eigenvalue weighted by molar-refractivity contribution is -0.149. The van der Waals surface area contributed by atoms with Crippen LogP contribution in [0.2, 0.25) is 0 Å². The Morgan fingerprint density at radius 3 is 2.47 bits per heavy atom. The maximum Gasteiger partial charge on any atom is 0.325 e. The van der Waals surface area contributed by atoms with Gasteiger partial charge in [0.1, 0.15) is 6.54 Å². The van der Waals surface area contributed by atoms with Crippen molar-refractivity contribution in [2.24, 2.45) is 0 Å². The van der Waals surface area contributed by atoms with Gasteiger partial charge in [0.05, 0.1) is 18.0 Å². The highest BCUT2D eigenvalue weighted by Crippen LogP contribution is 2.20. The molecule has 0 aliphatic rings. The Morgan fingerprint density at radius 1 is 1.32 bits per heavy atom. The molecule has 1 atom stereocenters.